The van der Waals surface area contributed by atoms with Gasteiger partial charge in [-0.2, -0.15) is 0 Å². The summed E-state index contributed by atoms with van der Waals surface area (Å²) in [5, 5.41) is 0. The van der Waals surface area contributed by atoms with E-state index in [9.17, 15) is 4.79 Å². The molecule has 0 saturated heterocycles. The molecule has 108 valence electrons. The minimum Gasteiger partial charge on any atom is -0.465 e. The number of hydrogen-bond donors (Lipinski definition) is 0. The fourth-order valence-electron chi connectivity index (χ4n) is 2.48. The quantitative estimate of drug-likeness (QED) is 0.777. The first-order valence-corrected chi connectivity index (χ1v) is 7.27. The zero-order valence-corrected chi connectivity index (χ0v) is 13.0. The third-order valence-corrected chi connectivity index (χ3v) is 4.08. The van der Waals surface area contributed by atoms with E-state index in [2.05, 4.69) is 4.98 Å². The molecule has 3 nitrogen and oxygen atoms in total. The van der Waals surface area contributed by atoms with Crippen molar-refractivity contribution in [2.24, 2.45) is 17.3 Å². The van der Waals surface area contributed by atoms with Crippen molar-refractivity contribution < 1.29 is 9.53 Å². The predicted molar refractivity (Wildman–Crippen MR) is 79.5 cm³/mol. The van der Waals surface area contributed by atoms with Crippen LogP contribution in [0.4, 0.5) is 0 Å². The van der Waals surface area contributed by atoms with Gasteiger partial charge >= 0.3 is 5.97 Å². The number of aromatic nitrogens is 1. The number of hydrogen-bond acceptors (Lipinski definition) is 3. The third-order valence-electron chi connectivity index (χ3n) is 3.83. The molecule has 1 saturated carbocycles. The van der Waals surface area contributed by atoms with Crippen LogP contribution in [-0.2, 0) is 16.0 Å². The van der Waals surface area contributed by atoms with E-state index in [0.717, 1.165) is 5.56 Å². The van der Waals surface area contributed by atoms with E-state index in [1.807, 2.05) is 26.0 Å². The molecular weight excluding hydrogens is 297 g/mol. The first-order chi connectivity index (χ1) is 9.43. The van der Waals surface area contributed by atoms with Crippen LogP contribution in [0.2, 0.25) is 0 Å². The molecule has 0 bridgehead atoms. The highest BCUT2D eigenvalue weighted by atomic mass is 35.5. The molecule has 1 aliphatic rings. The highest BCUT2D eigenvalue weighted by Crippen LogP contribution is 2.60. The molecule has 0 aromatic carbocycles. The molecule has 5 heteroatoms. The Kier molecular flexibility index (Phi) is 4.71. The number of carbonyl (C=O) groups excluding carboxylic acids is 1. The summed E-state index contributed by atoms with van der Waals surface area (Å²) in [4.78, 5) is 16.1. The molecule has 2 rings (SSSR count). The Morgan fingerprint density at radius 1 is 1.50 bits per heavy atom. The van der Waals surface area contributed by atoms with E-state index >= 15 is 0 Å². The highest BCUT2D eigenvalue weighted by molar-refractivity contribution is 6.55. The molecule has 0 N–H and O–H groups in total. The predicted octanol–water partition coefficient (Wildman–Crippen LogP) is 3.76. The summed E-state index contributed by atoms with van der Waals surface area (Å²) in [7, 11) is 0. The number of carbonyl (C=O) groups is 1. The number of esters is 1. The van der Waals surface area contributed by atoms with E-state index in [4.69, 9.17) is 27.9 Å². The van der Waals surface area contributed by atoms with Crippen LogP contribution < -0.4 is 0 Å². The molecule has 1 aliphatic carbocycles. The molecule has 1 heterocycles. The van der Waals surface area contributed by atoms with Crippen LogP contribution in [0.15, 0.2) is 35.1 Å². The molecule has 1 fully saturated rings. The van der Waals surface area contributed by atoms with Gasteiger partial charge in [-0.1, -0.05) is 43.1 Å². The molecule has 2 unspecified atom stereocenters. The lowest BCUT2D eigenvalue weighted by Gasteiger charge is -2.05. The Hall–Kier alpha value is -1.06. The minimum absolute atomic E-state index is 0.0541. The van der Waals surface area contributed by atoms with Crippen molar-refractivity contribution in [2.75, 3.05) is 6.61 Å². The van der Waals surface area contributed by atoms with Gasteiger partial charge in [-0.25, -0.2) is 0 Å². The van der Waals surface area contributed by atoms with Crippen molar-refractivity contribution in [2.45, 2.75) is 20.3 Å². The van der Waals surface area contributed by atoms with Gasteiger partial charge in [0, 0.05) is 18.8 Å². The Bertz CT molecular complexity index is 510. The van der Waals surface area contributed by atoms with Crippen molar-refractivity contribution in [1.82, 2.24) is 4.98 Å². The molecule has 0 amide bonds. The Morgan fingerprint density at radius 3 is 2.85 bits per heavy atom. The largest absolute Gasteiger partial charge is 0.465 e. The fraction of sp³-hybridized carbons (Fsp3) is 0.467. The monoisotopic (exact) mass is 313 g/mol. The second-order valence-corrected chi connectivity index (χ2v) is 6.57. The van der Waals surface area contributed by atoms with E-state index in [1.165, 1.54) is 0 Å². The molecular formula is C15H17Cl2NO2. The second kappa shape index (κ2) is 6.15. The van der Waals surface area contributed by atoms with Crippen LogP contribution >= 0.6 is 23.2 Å². The first kappa shape index (κ1) is 15.3. The maximum Gasteiger partial charge on any atom is 0.310 e. The summed E-state index contributed by atoms with van der Waals surface area (Å²) in [5.41, 5.74) is 0.913. The Balaban J connectivity index is 1.83. The summed E-state index contributed by atoms with van der Waals surface area (Å²) in [6.07, 6.45) is 5.88. The summed E-state index contributed by atoms with van der Waals surface area (Å²) in [5.74, 6) is -0.294. The van der Waals surface area contributed by atoms with Crippen molar-refractivity contribution in [3.63, 3.8) is 0 Å². The third kappa shape index (κ3) is 3.53. The van der Waals surface area contributed by atoms with Gasteiger partial charge < -0.3 is 4.74 Å². The van der Waals surface area contributed by atoms with Crippen LogP contribution in [0.1, 0.15) is 19.4 Å². The minimum atomic E-state index is -0.185. The SMILES string of the molecule is CC1(C)C(C=C(Cl)Cl)C1C(=O)OCCc1cccnc1. The molecule has 0 radical (unpaired) electrons. The average Bonchev–Trinajstić information content (AvgIpc) is 2.91. The molecule has 1 aromatic rings. The van der Waals surface area contributed by atoms with Crippen molar-refractivity contribution in [3.8, 4) is 0 Å². The van der Waals surface area contributed by atoms with Gasteiger partial charge in [0.1, 0.15) is 4.49 Å². The molecule has 1 aromatic heterocycles. The van der Waals surface area contributed by atoms with Crippen LogP contribution in [0, 0.1) is 17.3 Å². The van der Waals surface area contributed by atoms with Crippen LogP contribution in [0.25, 0.3) is 0 Å². The summed E-state index contributed by atoms with van der Waals surface area (Å²) in [6.45, 7) is 4.39. The normalized spacial score (nSPS) is 23.0. The maximum absolute atomic E-state index is 12.0. The smallest absolute Gasteiger partial charge is 0.310 e. The van der Waals surface area contributed by atoms with E-state index in [-0.39, 0.29) is 27.7 Å². The molecule has 2 atom stereocenters. The Morgan fingerprint density at radius 2 is 2.25 bits per heavy atom. The van der Waals surface area contributed by atoms with Crippen molar-refractivity contribution in [1.29, 1.82) is 0 Å². The van der Waals surface area contributed by atoms with Gasteiger partial charge in [0.05, 0.1) is 12.5 Å². The van der Waals surface area contributed by atoms with Crippen LogP contribution in [-0.4, -0.2) is 17.6 Å². The number of nitrogens with zero attached hydrogens (tertiary/aromatic N) is 1. The molecule has 20 heavy (non-hydrogen) atoms. The maximum atomic E-state index is 12.0. The van der Waals surface area contributed by atoms with E-state index in [0.29, 0.717) is 13.0 Å². The number of halogens is 2. The topological polar surface area (TPSA) is 39.2 Å². The number of allylic oxidation sites excluding steroid dienone is 1. The van der Waals surface area contributed by atoms with Crippen LogP contribution in [0.5, 0.6) is 0 Å². The lowest BCUT2D eigenvalue weighted by molar-refractivity contribution is -0.146. The van der Waals surface area contributed by atoms with Gasteiger partial charge in [0.15, 0.2) is 0 Å². The number of ether oxygens (including phenoxy) is 1. The highest BCUT2D eigenvalue weighted by Gasteiger charge is 2.61. The Labute approximate surface area is 128 Å². The standard InChI is InChI=1S/C15H17Cl2NO2/c1-15(2)11(8-12(16)17)13(15)14(19)20-7-5-10-4-3-6-18-9-10/h3-4,6,8-9,11,13H,5,7H2,1-2H3. The molecule has 0 aliphatic heterocycles. The van der Waals surface area contributed by atoms with E-state index in [1.54, 1.807) is 18.5 Å². The molecule has 0 spiro atoms. The second-order valence-electron chi connectivity index (χ2n) is 5.56. The van der Waals surface area contributed by atoms with Gasteiger partial charge in [0.2, 0.25) is 0 Å². The summed E-state index contributed by atoms with van der Waals surface area (Å²) < 4.78 is 5.54. The zero-order chi connectivity index (χ0) is 14.8. The van der Waals surface area contributed by atoms with Gasteiger partial charge in [-0.15, -0.1) is 0 Å². The summed E-state index contributed by atoms with van der Waals surface area (Å²) >= 11 is 11.3. The summed E-state index contributed by atoms with van der Waals surface area (Å²) in [6, 6.07) is 3.82. The number of rotatable bonds is 5. The van der Waals surface area contributed by atoms with Gasteiger partial charge in [-0.05, 0) is 29.0 Å². The van der Waals surface area contributed by atoms with Crippen molar-refractivity contribution in [3.05, 3.63) is 40.7 Å². The lowest BCUT2D eigenvalue weighted by Crippen LogP contribution is -2.12. The lowest BCUT2D eigenvalue weighted by atomic mass is 10.1. The number of pyridine rings is 1. The van der Waals surface area contributed by atoms with Crippen LogP contribution in [0.3, 0.4) is 0 Å². The average molecular weight is 314 g/mol. The van der Waals surface area contributed by atoms with Crippen molar-refractivity contribution >= 4 is 29.2 Å². The fourth-order valence-corrected chi connectivity index (χ4v) is 2.75. The first-order valence-electron chi connectivity index (χ1n) is 6.51. The van der Waals surface area contributed by atoms with E-state index < -0.39 is 0 Å². The van der Waals surface area contributed by atoms with Gasteiger partial charge in [-0.3, -0.25) is 9.78 Å². The zero-order valence-electron chi connectivity index (χ0n) is 11.5. The van der Waals surface area contributed by atoms with Gasteiger partial charge in [0.25, 0.3) is 0 Å².